The Labute approximate surface area is 134 Å². The van der Waals surface area contributed by atoms with E-state index in [4.69, 9.17) is 11.6 Å². The summed E-state index contributed by atoms with van der Waals surface area (Å²) in [7, 11) is 0. The maximum atomic E-state index is 6.08. The first kappa shape index (κ1) is 14.0. The molecule has 0 spiro atoms. The predicted molar refractivity (Wildman–Crippen MR) is 90.1 cm³/mol. The molecule has 1 saturated carbocycles. The lowest BCUT2D eigenvalue weighted by Gasteiger charge is -2.42. The fourth-order valence-electron chi connectivity index (χ4n) is 3.01. The molecule has 0 radical (unpaired) electrons. The van der Waals surface area contributed by atoms with Crippen LogP contribution in [0.2, 0.25) is 5.02 Å². The van der Waals surface area contributed by atoms with Gasteiger partial charge in [0.15, 0.2) is 0 Å². The number of hydrogen-bond donors (Lipinski definition) is 1. The average molecular weight is 391 g/mol. The van der Waals surface area contributed by atoms with Gasteiger partial charge in [0, 0.05) is 33.8 Å². The Morgan fingerprint density at radius 1 is 1.42 bits per heavy atom. The quantitative estimate of drug-likeness (QED) is 0.787. The average Bonchev–Trinajstić information content (AvgIpc) is 3.22. The molecule has 1 aromatic carbocycles. The van der Waals surface area contributed by atoms with E-state index >= 15 is 0 Å². The van der Waals surface area contributed by atoms with E-state index in [2.05, 4.69) is 51.9 Å². The number of hydrogen-bond acceptors (Lipinski definition) is 2. The lowest BCUT2D eigenvalue weighted by Crippen LogP contribution is -2.57. The summed E-state index contributed by atoms with van der Waals surface area (Å²) >= 11 is 8.49. The van der Waals surface area contributed by atoms with Crippen molar-refractivity contribution < 1.29 is 0 Å². The van der Waals surface area contributed by atoms with Crippen molar-refractivity contribution in [3.63, 3.8) is 0 Å². The van der Waals surface area contributed by atoms with Gasteiger partial charge in [0.05, 0.1) is 5.69 Å². The molecule has 104 valence electrons. The number of rotatable bonds is 3. The number of anilines is 1. The molecule has 2 aliphatic rings. The maximum Gasteiger partial charge on any atom is 0.0506 e. The molecule has 3 rings (SSSR count). The topological polar surface area (TPSA) is 15.3 Å². The van der Waals surface area contributed by atoms with Crippen LogP contribution < -0.4 is 10.2 Å². The van der Waals surface area contributed by atoms with E-state index in [0.29, 0.717) is 12.1 Å². The Kier molecular flexibility index (Phi) is 4.25. The Morgan fingerprint density at radius 3 is 2.84 bits per heavy atom. The molecule has 0 aromatic heterocycles. The summed E-state index contributed by atoms with van der Waals surface area (Å²) in [4.78, 5) is 2.59. The first-order chi connectivity index (χ1) is 9.19. The van der Waals surface area contributed by atoms with Gasteiger partial charge in [-0.2, -0.15) is 0 Å². The van der Waals surface area contributed by atoms with Crippen LogP contribution in [0.4, 0.5) is 5.69 Å². The minimum Gasteiger partial charge on any atom is -0.365 e. The highest BCUT2D eigenvalue weighted by molar-refractivity contribution is 14.1. The van der Waals surface area contributed by atoms with Gasteiger partial charge in [0.25, 0.3) is 0 Å². The molecule has 2 fully saturated rings. The molecule has 1 heterocycles. The van der Waals surface area contributed by atoms with Crippen LogP contribution in [-0.2, 0) is 0 Å². The fourth-order valence-corrected chi connectivity index (χ4v) is 4.19. The molecule has 19 heavy (non-hydrogen) atoms. The van der Waals surface area contributed by atoms with E-state index in [-0.39, 0.29) is 0 Å². The lowest BCUT2D eigenvalue weighted by molar-refractivity contribution is 0.359. The molecule has 2 unspecified atom stereocenters. The van der Waals surface area contributed by atoms with Gasteiger partial charge in [0.1, 0.15) is 0 Å². The standard InChI is InChI=1S/C15H20ClIN2/c1-2-12-8-18-14(10-3-4-10)9-19(12)15-6-5-11(16)7-13(15)17/h5-7,10,12,14,18H,2-4,8-9H2,1H3. The zero-order valence-electron chi connectivity index (χ0n) is 11.2. The summed E-state index contributed by atoms with van der Waals surface area (Å²) in [6, 6.07) is 7.54. The lowest BCUT2D eigenvalue weighted by atomic mass is 10.0. The van der Waals surface area contributed by atoms with Crippen LogP contribution in [0, 0.1) is 9.49 Å². The summed E-state index contributed by atoms with van der Waals surface area (Å²) in [6.07, 6.45) is 3.99. The first-order valence-corrected chi connectivity index (χ1v) is 8.59. The largest absolute Gasteiger partial charge is 0.365 e. The van der Waals surface area contributed by atoms with Crippen LogP contribution in [-0.4, -0.2) is 25.2 Å². The third-order valence-electron chi connectivity index (χ3n) is 4.33. The van der Waals surface area contributed by atoms with Crippen molar-refractivity contribution in [1.82, 2.24) is 5.32 Å². The molecular formula is C15H20ClIN2. The Bertz CT molecular complexity index is 461. The number of nitrogens with one attached hydrogen (secondary N) is 1. The van der Waals surface area contributed by atoms with E-state index < -0.39 is 0 Å². The van der Waals surface area contributed by atoms with Crippen molar-refractivity contribution >= 4 is 39.9 Å². The Morgan fingerprint density at radius 2 is 2.21 bits per heavy atom. The van der Waals surface area contributed by atoms with Gasteiger partial charge in [-0.05, 0) is 66.0 Å². The van der Waals surface area contributed by atoms with E-state index in [1.165, 1.54) is 28.5 Å². The first-order valence-electron chi connectivity index (χ1n) is 7.14. The van der Waals surface area contributed by atoms with Crippen molar-refractivity contribution in [3.05, 3.63) is 26.8 Å². The van der Waals surface area contributed by atoms with E-state index in [1.54, 1.807) is 0 Å². The van der Waals surface area contributed by atoms with E-state index in [9.17, 15) is 0 Å². The van der Waals surface area contributed by atoms with Gasteiger partial charge in [-0.3, -0.25) is 0 Å². The van der Waals surface area contributed by atoms with Crippen molar-refractivity contribution in [1.29, 1.82) is 0 Å². The molecule has 1 aliphatic heterocycles. The Balaban J connectivity index is 1.85. The van der Waals surface area contributed by atoms with Crippen LogP contribution >= 0.6 is 34.2 Å². The summed E-state index contributed by atoms with van der Waals surface area (Å²) in [5.41, 5.74) is 1.35. The smallest absolute Gasteiger partial charge is 0.0506 e. The van der Waals surface area contributed by atoms with Gasteiger partial charge < -0.3 is 10.2 Å². The molecule has 1 saturated heterocycles. The highest BCUT2D eigenvalue weighted by Crippen LogP contribution is 2.36. The van der Waals surface area contributed by atoms with Gasteiger partial charge in [0.2, 0.25) is 0 Å². The van der Waals surface area contributed by atoms with Gasteiger partial charge >= 0.3 is 0 Å². The molecule has 2 nitrogen and oxygen atoms in total. The molecule has 0 bridgehead atoms. The maximum absolute atomic E-state index is 6.08. The van der Waals surface area contributed by atoms with Crippen molar-refractivity contribution in [2.24, 2.45) is 5.92 Å². The highest BCUT2D eigenvalue weighted by Gasteiger charge is 2.37. The van der Waals surface area contributed by atoms with E-state index in [1.807, 2.05) is 6.07 Å². The third-order valence-corrected chi connectivity index (χ3v) is 5.43. The minimum absolute atomic E-state index is 0.602. The van der Waals surface area contributed by atoms with Crippen LogP contribution in [0.15, 0.2) is 18.2 Å². The van der Waals surface area contributed by atoms with Crippen LogP contribution in [0.5, 0.6) is 0 Å². The zero-order valence-corrected chi connectivity index (χ0v) is 14.1. The molecule has 2 atom stereocenters. The molecule has 4 heteroatoms. The molecular weight excluding hydrogens is 371 g/mol. The van der Waals surface area contributed by atoms with E-state index in [0.717, 1.165) is 24.0 Å². The highest BCUT2D eigenvalue weighted by atomic mass is 127. The predicted octanol–water partition coefficient (Wildman–Crippen LogP) is 3.91. The van der Waals surface area contributed by atoms with Gasteiger partial charge in [-0.15, -0.1) is 0 Å². The second-order valence-corrected chi connectivity index (χ2v) is 7.26. The van der Waals surface area contributed by atoms with Crippen LogP contribution in [0.1, 0.15) is 26.2 Å². The van der Waals surface area contributed by atoms with Crippen molar-refractivity contribution in [2.45, 2.75) is 38.3 Å². The third kappa shape index (κ3) is 3.03. The number of benzene rings is 1. The SMILES string of the molecule is CCC1CNC(C2CC2)CN1c1ccc(Cl)cc1I. The van der Waals surface area contributed by atoms with Crippen molar-refractivity contribution in [3.8, 4) is 0 Å². The molecule has 1 aliphatic carbocycles. The normalized spacial score (nSPS) is 27.6. The molecule has 0 amide bonds. The molecule has 1 aromatic rings. The summed E-state index contributed by atoms with van der Waals surface area (Å²) in [5.74, 6) is 0.908. The zero-order chi connectivity index (χ0) is 13.4. The number of halogens is 2. The van der Waals surface area contributed by atoms with Gasteiger partial charge in [-0.1, -0.05) is 18.5 Å². The second kappa shape index (κ2) is 5.78. The second-order valence-electron chi connectivity index (χ2n) is 5.66. The van der Waals surface area contributed by atoms with Gasteiger partial charge in [-0.25, -0.2) is 0 Å². The number of piperazine rings is 1. The summed E-state index contributed by atoms with van der Waals surface area (Å²) in [6.45, 7) is 4.52. The summed E-state index contributed by atoms with van der Waals surface area (Å²) in [5, 5.41) is 4.57. The van der Waals surface area contributed by atoms with Crippen LogP contribution in [0.3, 0.4) is 0 Å². The monoisotopic (exact) mass is 390 g/mol. The molecule has 1 N–H and O–H groups in total. The fraction of sp³-hybridized carbons (Fsp3) is 0.600. The van der Waals surface area contributed by atoms with Crippen LogP contribution in [0.25, 0.3) is 0 Å². The van der Waals surface area contributed by atoms with Crippen molar-refractivity contribution in [2.75, 3.05) is 18.0 Å². The Hall–Kier alpha value is -0.000000000000000111. The number of nitrogens with zero attached hydrogens (tertiary/aromatic N) is 1. The summed E-state index contributed by atoms with van der Waals surface area (Å²) < 4.78 is 1.26. The minimum atomic E-state index is 0.602.